The van der Waals surface area contributed by atoms with Crippen molar-refractivity contribution in [3.63, 3.8) is 0 Å². The minimum absolute atomic E-state index is 0. The van der Waals surface area contributed by atoms with Gasteiger partial charge in [-0.25, -0.2) is 13.5 Å². The number of halogens is 2. The van der Waals surface area contributed by atoms with Crippen LogP contribution in [0, 0.1) is 5.82 Å². The van der Waals surface area contributed by atoms with Gasteiger partial charge < -0.3 is 17.0 Å². The van der Waals surface area contributed by atoms with E-state index in [0.29, 0.717) is 0 Å². The number of hydrogen-bond donors (Lipinski definition) is 0. The van der Waals surface area contributed by atoms with Crippen molar-refractivity contribution in [3.05, 3.63) is 48.8 Å². The molecule has 2 rings (SSSR count). The zero-order valence-electron chi connectivity index (χ0n) is 9.11. The van der Waals surface area contributed by atoms with Crippen molar-refractivity contribution >= 4 is 0 Å². The monoisotopic (exact) mass is 284 g/mol. The zero-order chi connectivity index (χ0) is 10.7. The summed E-state index contributed by atoms with van der Waals surface area (Å²) in [6.07, 6.45) is 7.12. The normalized spacial score (nSPS) is 9.88. The third kappa shape index (κ3) is 2.92. The maximum atomic E-state index is 12.7. The molecule has 0 aliphatic carbocycles. The first-order valence-electron chi connectivity index (χ1n) is 5.12. The van der Waals surface area contributed by atoms with Crippen LogP contribution in [0.3, 0.4) is 0 Å². The molecule has 0 radical (unpaired) electrons. The van der Waals surface area contributed by atoms with Crippen molar-refractivity contribution in [3.8, 4) is 5.69 Å². The summed E-state index contributed by atoms with van der Waals surface area (Å²) in [6, 6.07) is 6.48. The molecule has 1 aromatic carbocycles. The summed E-state index contributed by atoms with van der Waals surface area (Å²) in [7, 11) is 0. The van der Waals surface area contributed by atoms with E-state index in [2.05, 4.69) is 11.5 Å². The Balaban J connectivity index is 0.00000128. The number of nitrogens with zero attached hydrogens (tertiary/aromatic N) is 2. The van der Waals surface area contributed by atoms with Crippen LogP contribution >= 0.6 is 0 Å². The second-order valence-electron chi connectivity index (χ2n) is 3.54. The van der Waals surface area contributed by atoms with Crippen LogP contribution in [0.15, 0.2) is 43.0 Å². The van der Waals surface area contributed by atoms with Crippen LogP contribution in [0.2, 0.25) is 0 Å². The highest BCUT2D eigenvalue weighted by Crippen LogP contribution is 2.07. The van der Waals surface area contributed by atoms with Gasteiger partial charge in [0.05, 0.1) is 6.54 Å². The lowest BCUT2D eigenvalue weighted by Crippen LogP contribution is -3.00. The molecule has 0 aliphatic rings. The number of imidazole rings is 1. The predicted molar refractivity (Wildman–Crippen MR) is 56.2 cm³/mol. The Hall–Kier alpha value is -1.16. The average Bonchev–Trinajstić information content (AvgIpc) is 2.68. The molecule has 0 amide bonds. The van der Waals surface area contributed by atoms with Gasteiger partial charge in [0.1, 0.15) is 23.9 Å². The third-order valence-electron chi connectivity index (χ3n) is 2.30. The van der Waals surface area contributed by atoms with E-state index in [1.165, 1.54) is 12.1 Å². The van der Waals surface area contributed by atoms with E-state index in [1.54, 1.807) is 12.1 Å². The smallest absolute Gasteiger partial charge is 0.248 e. The third-order valence-corrected chi connectivity index (χ3v) is 2.30. The fourth-order valence-corrected chi connectivity index (χ4v) is 1.55. The Kier molecular flexibility index (Phi) is 4.68. The van der Waals surface area contributed by atoms with Gasteiger partial charge in [0.15, 0.2) is 0 Å². The largest absolute Gasteiger partial charge is 1.00 e. The lowest BCUT2D eigenvalue weighted by molar-refractivity contribution is -0.696. The quantitative estimate of drug-likeness (QED) is 0.661. The summed E-state index contributed by atoms with van der Waals surface area (Å²) in [6.45, 7) is 3.15. The second-order valence-corrected chi connectivity index (χ2v) is 3.54. The molecule has 0 spiro atoms. The van der Waals surface area contributed by atoms with Gasteiger partial charge in [-0.3, -0.25) is 0 Å². The Bertz CT molecular complexity index is 437. The molecular formula is C12H14BrFN2. The predicted octanol–water partition coefficient (Wildman–Crippen LogP) is -0.682. The second kappa shape index (κ2) is 5.80. The molecule has 4 heteroatoms. The first-order valence-corrected chi connectivity index (χ1v) is 5.12. The Morgan fingerprint density at radius 3 is 2.56 bits per heavy atom. The van der Waals surface area contributed by atoms with Crippen LogP contribution in [-0.4, -0.2) is 4.57 Å². The number of hydrogen-bond acceptors (Lipinski definition) is 0. The van der Waals surface area contributed by atoms with Crippen LogP contribution in [-0.2, 0) is 6.54 Å². The van der Waals surface area contributed by atoms with E-state index >= 15 is 0 Å². The highest BCUT2D eigenvalue weighted by molar-refractivity contribution is 5.30. The van der Waals surface area contributed by atoms with Gasteiger partial charge in [-0.15, -0.1) is 0 Å². The number of benzene rings is 1. The average molecular weight is 285 g/mol. The van der Waals surface area contributed by atoms with Crippen molar-refractivity contribution in [2.45, 2.75) is 19.9 Å². The highest BCUT2D eigenvalue weighted by Gasteiger charge is 2.05. The summed E-state index contributed by atoms with van der Waals surface area (Å²) in [5.41, 5.74) is 0.978. The van der Waals surface area contributed by atoms with Gasteiger partial charge in [-0.2, -0.15) is 0 Å². The molecule has 0 aliphatic heterocycles. The topological polar surface area (TPSA) is 8.81 Å². The fraction of sp³-hybridized carbons (Fsp3) is 0.250. The molecule has 0 saturated carbocycles. The van der Waals surface area contributed by atoms with Crippen LogP contribution in [0.25, 0.3) is 5.69 Å². The van der Waals surface area contributed by atoms with Gasteiger partial charge in [-0.1, -0.05) is 6.92 Å². The summed E-state index contributed by atoms with van der Waals surface area (Å²) >= 11 is 0. The Morgan fingerprint density at radius 2 is 1.94 bits per heavy atom. The molecule has 1 heterocycles. The van der Waals surface area contributed by atoms with Crippen LogP contribution in [0.4, 0.5) is 4.39 Å². The molecule has 2 aromatic rings. The maximum Gasteiger partial charge on any atom is 0.248 e. The fourth-order valence-electron chi connectivity index (χ4n) is 1.55. The van der Waals surface area contributed by atoms with Crippen molar-refractivity contribution in [2.75, 3.05) is 0 Å². The molecule has 0 unspecified atom stereocenters. The van der Waals surface area contributed by atoms with Crippen LogP contribution in [0.1, 0.15) is 13.3 Å². The summed E-state index contributed by atoms with van der Waals surface area (Å²) in [5.74, 6) is -0.202. The van der Waals surface area contributed by atoms with E-state index in [4.69, 9.17) is 0 Å². The summed E-state index contributed by atoms with van der Waals surface area (Å²) < 4.78 is 16.8. The standard InChI is InChI=1S/C12H14FN2.BrH/c1-2-7-14-8-9-15(10-14)12-5-3-11(13)4-6-12;/h3-6,8-10H,2,7H2,1H3;1H/q+1;/p-1. The highest BCUT2D eigenvalue weighted by atomic mass is 79.9. The first-order chi connectivity index (χ1) is 7.29. The minimum atomic E-state index is -0.202. The molecule has 0 N–H and O–H groups in total. The zero-order valence-corrected chi connectivity index (χ0v) is 10.7. The molecule has 0 atom stereocenters. The van der Waals surface area contributed by atoms with E-state index in [9.17, 15) is 4.39 Å². The lowest BCUT2D eigenvalue weighted by Gasteiger charge is -1.94. The maximum absolute atomic E-state index is 12.7. The number of aromatic nitrogens is 2. The molecule has 86 valence electrons. The van der Waals surface area contributed by atoms with E-state index in [-0.39, 0.29) is 22.8 Å². The minimum Gasteiger partial charge on any atom is -1.00 e. The summed E-state index contributed by atoms with van der Waals surface area (Å²) in [4.78, 5) is 0. The molecule has 0 saturated heterocycles. The number of rotatable bonds is 3. The van der Waals surface area contributed by atoms with Gasteiger partial charge in [0, 0.05) is 0 Å². The lowest BCUT2D eigenvalue weighted by atomic mass is 10.3. The van der Waals surface area contributed by atoms with Crippen molar-refractivity contribution < 1.29 is 25.9 Å². The van der Waals surface area contributed by atoms with E-state index < -0.39 is 0 Å². The van der Waals surface area contributed by atoms with Crippen LogP contribution in [0.5, 0.6) is 0 Å². The Morgan fingerprint density at radius 1 is 1.25 bits per heavy atom. The van der Waals surface area contributed by atoms with E-state index in [0.717, 1.165) is 18.7 Å². The first kappa shape index (κ1) is 12.9. The molecular weight excluding hydrogens is 271 g/mol. The number of aryl methyl sites for hydroxylation is 1. The van der Waals surface area contributed by atoms with Crippen LogP contribution < -0.4 is 21.5 Å². The van der Waals surface area contributed by atoms with Gasteiger partial charge in [-0.05, 0) is 30.7 Å². The SMILES string of the molecule is CCC[n+]1ccn(-c2ccc(F)cc2)c1.[Br-]. The summed E-state index contributed by atoms with van der Waals surface area (Å²) in [5, 5.41) is 0. The van der Waals surface area contributed by atoms with Crippen molar-refractivity contribution in [1.82, 2.24) is 4.57 Å². The van der Waals surface area contributed by atoms with Crippen molar-refractivity contribution in [1.29, 1.82) is 0 Å². The molecule has 1 aromatic heterocycles. The van der Waals surface area contributed by atoms with E-state index in [1.807, 2.05) is 23.3 Å². The van der Waals surface area contributed by atoms with Gasteiger partial charge >= 0.3 is 0 Å². The van der Waals surface area contributed by atoms with Crippen molar-refractivity contribution in [2.24, 2.45) is 0 Å². The van der Waals surface area contributed by atoms with Gasteiger partial charge in [0.2, 0.25) is 6.33 Å². The molecule has 16 heavy (non-hydrogen) atoms. The molecule has 2 nitrogen and oxygen atoms in total. The Labute approximate surface area is 105 Å². The molecule has 0 fully saturated rings. The molecule has 0 bridgehead atoms. The van der Waals surface area contributed by atoms with Gasteiger partial charge in [0.25, 0.3) is 0 Å².